The van der Waals surface area contributed by atoms with Gasteiger partial charge in [-0.2, -0.15) is 0 Å². The number of sulfonamides is 1. The predicted octanol–water partition coefficient (Wildman–Crippen LogP) is 2.40. The number of aromatic nitrogens is 2. The van der Waals surface area contributed by atoms with Crippen molar-refractivity contribution in [3.8, 4) is 0 Å². The topological polar surface area (TPSA) is 108 Å². The maximum atomic E-state index is 12.7. The molecule has 9 heteroatoms. The summed E-state index contributed by atoms with van der Waals surface area (Å²) in [7, 11) is -3.55. The van der Waals surface area contributed by atoms with E-state index in [0.717, 1.165) is 23.9 Å². The summed E-state index contributed by atoms with van der Waals surface area (Å²) in [5.41, 5.74) is 2.73. The summed E-state index contributed by atoms with van der Waals surface area (Å²) in [6, 6.07) is 10.8. The van der Waals surface area contributed by atoms with Crippen molar-refractivity contribution in [2.24, 2.45) is 4.99 Å². The quantitative estimate of drug-likeness (QED) is 0.653. The van der Waals surface area contributed by atoms with Gasteiger partial charge >= 0.3 is 0 Å². The molecule has 2 aliphatic heterocycles. The second kappa shape index (κ2) is 7.81. The Labute approximate surface area is 180 Å². The molecular formula is C22H23N5O3S. The predicted molar refractivity (Wildman–Crippen MR) is 117 cm³/mol. The van der Waals surface area contributed by atoms with Gasteiger partial charge in [-0.1, -0.05) is 12.1 Å². The zero-order valence-electron chi connectivity index (χ0n) is 16.9. The molecule has 160 valence electrons. The molecule has 8 nitrogen and oxygen atoms in total. The molecule has 3 aromatic rings. The first-order valence-electron chi connectivity index (χ1n) is 10.4. The minimum Gasteiger partial charge on any atom is -0.346 e. The Bertz CT molecular complexity index is 1270. The normalized spacial score (nSPS) is 19.5. The zero-order chi connectivity index (χ0) is 21.4. The number of pyridine rings is 1. The number of nitrogens with one attached hydrogen (secondary N) is 2. The molecule has 1 fully saturated rings. The summed E-state index contributed by atoms with van der Waals surface area (Å²) in [5, 5.41) is 1.15. The lowest BCUT2D eigenvalue weighted by Gasteiger charge is -2.32. The molecule has 0 spiro atoms. The average molecular weight is 438 g/mol. The fourth-order valence-electron chi connectivity index (χ4n) is 4.43. The van der Waals surface area contributed by atoms with Crippen molar-refractivity contribution < 1.29 is 13.2 Å². The molecule has 0 atom stereocenters. The molecular weight excluding hydrogens is 414 g/mol. The number of piperidine rings is 1. The van der Waals surface area contributed by atoms with Gasteiger partial charge in [0.1, 0.15) is 11.5 Å². The van der Waals surface area contributed by atoms with Gasteiger partial charge in [0.25, 0.3) is 10.0 Å². The Morgan fingerprint density at radius 3 is 2.81 bits per heavy atom. The third-order valence-corrected chi connectivity index (χ3v) is 7.43. The van der Waals surface area contributed by atoms with Crippen molar-refractivity contribution in [2.75, 3.05) is 19.6 Å². The molecule has 5 rings (SSSR count). The maximum Gasteiger partial charge on any atom is 0.263 e. The van der Waals surface area contributed by atoms with Crippen molar-refractivity contribution in [3.63, 3.8) is 0 Å². The molecule has 2 N–H and O–H groups in total. The number of amides is 1. The lowest BCUT2D eigenvalue weighted by atomic mass is 9.89. The highest BCUT2D eigenvalue weighted by Gasteiger charge is 2.30. The zero-order valence-corrected chi connectivity index (χ0v) is 17.7. The van der Waals surface area contributed by atoms with Crippen LogP contribution in [0.1, 0.15) is 36.3 Å². The van der Waals surface area contributed by atoms with Crippen LogP contribution in [-0.4, -0.2) is 54.7 Å². The first kappa shape index (κ1) is 19.7. The van der Waals surface area contributed by atoms with E-state index in [-0.39, 0.29) is 23.8 Å². The van der Waals surface area contributed by atoms with Gasteiger partial charge in [-0.3, -0.25) is 14.5 Å². The fourth-order valence-corrected chi connectivity index (χ4v) is 5.68. The van der Waals surface area contributed by atoms with E-state index in [0.29, 0.717) is 30.4 Å². The Morgan fingerprint density at radius 1 is 1.16 bits per heavy atom. The van der Waals surface area contributed by atoms with E-state index in [1.807, 2.05) is 17.2 Å². The first-order valence-corrected chi connectivity index (χ1v) is 11.9. The SMILES string of the molecule is O=C(CCN=C1NS(=O)(=O)c2ccccc21)N1CCC(c2c[nH]c3ncccc23)CC1. The molecule has 0 radical (unpaired) electrons. The number of hydrogen-bond donors (Lipinski definition) is 2. The van der Waals surface area contributed by atoms with Crippen LogP contribution in [-0.2, 0) is 14.8 Å². The molecule has 0 aliphatic carbocycles. The minimum atomic E-state index is -3.55. The Morgan fingerprint density at radius 2 is 1.97 bits per heavy atom. The average Bonchev–Trinajstić information content (AvgIpc) is 3.33. The molecule has 1 aromatic carbocycles. The maximum absolute atomic E-state index is 12.7. The van der Waals surface area contributed by atoms with Crippen LogP contribution < -0.4 is 4.72 Å². The molecule has 1 saturated heterocycles. The lowest BCUT2D eigenvalue weighted by molar-refractivity contribution is -0.132. The van der Waals surface area contributed by atoms with Gasteiger partial charge in [0.15, 0.2) is 0 Å². The molecule has 2 aliphatic rings. The van der Waals surface area contributed by atoms with Gasteiger partial charge in [0.2, 0.25) is 5.91 Å². The van der Waals surface area contributed by atoms with E-state index >= 15 is 0 Å². The van der Waals surface area contributed by atoms with E-state index in [9.17, 15) is 13.2 Å². The summed E-state index contributed by atoms with van der Waals surface area (Å²) in [4.78, 5) is 26.7. The number of aliphatic imine (C=N–C) groups is 1. The Hall–Kier alpha value is -3.20. The van der Waals surface area contributed by atoms with Gasteiger partial charge in [0, 0.05) is 42.9 Å². The summed E-state index contributed by atoms with van der Waals surface area (Å²) < 4.78 is 26.8. The van der Waals surface area contributed by atoms with Crippen LogP contribution >= 0.6 is 0 Å². The summed E-state index contributed by atoms with van der Waals surface area (Å²) in [5.74, 6) is 0.777. The highest BCUT2D eigenvalue weighted by Crippen LogP contribution is 2.32. The second-order valence-corrected chi connectivity index (χ2v) is 9.53. The molecule has 0 saturated carbocycles. The van der Waals surface area contributed by atoms with Crippen LogP contribution in [0.3, 0.4) is 0 Å². The number of H-pyrrole nitrogens is 1. The lowest BCUT2D eigenvalue weighted by Crippen LogP contribution is -2.38. The molecule has 0 bridgehead atoms. The van der Waals surface area contributed by atoms with E-state index in [2.05, 4.69) is 25.7 Å². The Kier molecular flexibility index (Phi) is 4.97. The van der Waals surface area contributed by atoms with Crippen molar-refractivity contribution in [3.05, 3.63) is 59.9 Å². The number of hydrogen-bond acceptors (Lipinski definition) is 5. The highest BCUT2D eigenvalue weighted by molar-refractivity contribution is 7.90. The molecule has 4 heterocycles. The summed E-state index contributed by atoms with van der Waals surface area (Å²) >= 11 is 0. The number of amidine groups is 1. The highest BCUT2D eigenvalue weighted by atomic mass is 32.2. The Balaban J connectivity index is 1.18. The van der Waals surface area contributed by atoms with Crippen molar-refractivity contribution in [1.82, 2.24) is 19.6 Å². The van der Waals surface area contributed by atoms with Crippen molar-refractivity contribution in [1.29, 1.82) is 0 Å². The van der Waals surface area contributed by atoms with Gasteiger partial charge < -0.3 is 9.88 Å². The van der Waals surface area contributed by atoms with Crippen molar-refractivity contribution >= 4 is 32.8 Å². The van der Waals surface area contributed by atoms with Crippen LogP contribution in [0.2, 0.25) is 0 Å². The van der Waals surface area contributed by atoms with Crippen LogP contribution in [0.5, 0.6) is 0 Å². The van der Waals surface area contributed by atoms with E-state index in [1.54, 1.807) is 30.5 Å². The minimum absolute atomic E-state index is 0.0533. The molecule has 31 heavy (non-hydrogen) atoms. The number of likely N-dealkylation sites (tertiary alicyclic amines) is 1. The monoisotopic (exact) mass is 437 g/mol. The van der Waals surface area contributed by atoms with E-state index in [4.69, 9.17) is 0 Å². The summed E-state index contributed by atoms with van der Waals surface area (Å²) in [6.45, 7) is 1.67. The van der Waals surface area contributed by atoms with Gasteiger partial charge in [-0.15, -0.1) is 0 Å². The van der Waals surface area contributed by atoms with E-state index in [1.165, 1.54) is 5.56 Å². The number of aromatic amines is 1. The van der Waals surface area contributed by atoms with Gasteiger partial charge in [-0.05, 0) is 48.6 Å². The standard InChI is InChI=1S/C22H23N5O3S/c28-20(7-11-24-22-17-4-1-2-6-19(17)31(29,30)26-22)27-12-8-15(9-13-27)18-14-25-21-16(18)5-3-10-23-21/h1-6,10,14-15H,7-9,11-13H2,(H,23,25)(H,24,26). The number of carbonyl (C=O) groups excluding carboxylic acids is 1. The summed E-state index contributed by atoms with van der Waals surface area (Å²) in [6.07, 6.45) is 5.90. The van der Waals surface area contributed by atoms with Crippen LogP contribution in [0.25, 0.3) is 11.0 Å². The van der Waals surface area contributed by atoms with Crippen LogP contribution in [0.4, 0.5) is 0 Å². The van der Waals surface area contributed by atoms with Gasteiger partial charge in [0.05, 0.1) is 11.4 Å². The number of benzene rings is 1. The van der Waals surface area contributed by atoms with Gasteiger partial charge in [-0.25, -0.2) is 13.4 Å². The largest absolute Gasteiger partial charge is 0.346 e. The first-order chi connectivity index (χ1) is 15.0. The molecule has 2 aromatic heterocycles. The van der Waals surface area contributed by atoms with Crippen LogP contribution in [0, 0.1) is 0 Å². The second-order valence-electron chi connectivity index (χ2n) is 7.88. The third kappa shape index (κ3) is 3.69. The van der Waals surface area contributed by atoms with Crippen LogP contribution in [0.15, 0.2) is 58.7 Å². The number of fused-ring (bicyclic) bond motifs is 2. The number of carbonyl (C=O) groups is 1. The number of rotatable bonds is 4. The smallest absolute Gasteiger partial charge is 0.263 e. The van der Waals surface area contributed by atoms with E-state index < -0.39 is 10.0 Å². The third-order valence-electron chi connectivity index (χ3n) is 6.03. The molecule has 0 unspecified atom stereocenters. The molecule has 1 amide bonds. The number of nitrogens with zero attached hydrogens (tertiary/aromatic N) is 3. The fraction of sp³-hybridized carbons (Fsp3) is 0.318. The van der Waals surface area contributed by atoms with Crippen molar-refractivity contribution in [2.45, 2.75) is 30.1 Å².